The summed E-state index contributed by atoms with van der Waals surface area (Å²) in [6.45, 7) is 0. The minimum atomic E-state index is 0. The average Bonchev–Trinajstić information content (AvgIpc) is 0. The molecule has 0 aliphatic rings. The van der Waals surface area contributed by atoms with Crippen molar-refractivity contribution >= 4 is 48.7 Å². The zero-order valence-corrected chi connectivity index (χ0v) is 7.18. The van der Waals surface area contributed by atoms with Gasteiger partial charge in [-0.05, 0) is 11.0 Å². The first kappa shape index (κ1) is 28.8. The predicted octanol–water partition coefficient (Wildman–Crippen LogP) is -1.61. The van der Waals surface area contributed by atoms with Gasteiger partial charge >= 0.3 is 37.7 Å². The molecule has 0 rings (SSSR count). The third-order valence-corrected chi connectivity index (χ3v) is 0. The van der Waals surface area contributed by atoms with Crippen molar-refractivity contribution in [3.8, 4) is 0 Å². The molecule has 0 amide bonds. The third-order valence-electron chi connectivity index (χ3n) is 0. The van der Waals surface area contributed by atoms with Gasteiger partial charge in [-0.15, -0.1) is 0 Å². The second-order valence-corrected chi connectivity index (χ2v) is 0. The first-order valence-corrected chi connectivity index (χ1v) is 0. The molecule has 0 aromatic heterocycles. The fraction of sp³-hybridized carbons (Fsp3) is 0. The van der Waals surface area contributed by atoms with Crippen LogP contribution in [0.1, 0.15) is 2.85 Å². The summed E-state index contributed by atoms with van der Waals surface area (Å²) >= 11 is 0. The molecule has 0 fully saturated rings. The summed E-state index contributed by atoms with van der Waals surface area (Å²) in [5, 5.41) is 0. The van der Waals surface area contributed by atoms with Crippen LogP contribution in [0, 0.1) is 0 Å². The van der Waals surface area contributed by atoms with E-state index in [0.717, 1.165) is 0 Å². The van der Waals surface area contributed by atoms with E-state index in [1.165, 1.54) is 0 Å². The van der Waals surface area contributed by atoms with Gasteiger partial charge < -0.3 is 2.85 Å². The smallest absolute Gasteiger partial charge is 1.00 e. The van der Waals surface area contributed by atoms with Crippen LogP contribution in [0.5, 0.6) is 0 Å². The summed E-state index contributed by atoms with van der Waals surface area (Å²) in [6, 6.07) is 0. The van der Waals surface area contributed by atoms with Crippen molar-refractivity contribution in [3.05, 3.63) is 0 Å². The summed E-state index contributed by atoms with van der Waals surface area (Å²) in [5.41, 5.74) is 0. The Kier molecular flexibility index (Phi) is 122. The van der Waals surface area contributed by atoms with Gasteiger partial charge in [-0.1, -0.05) is 0 Å². The van der Waals surface area contributed by atoms with Crippen LogP contribution in [0.2, 0.25) is 0 Å². The SMILES string of the molecule is [Ca+2].[H-].[H-].[Ni].[SiH4].[Zr]. The van der Waals surface area contributed by atoms with Crippen molar-refractivity contribution in [3.63, 3.8) is 0 Å². The topological polar surface area (TPSA) is 0 Å². The van der Waals surface area contributed by atoms with Crippen molar-refractivity contribution < 1.29 is 45.5 Å². The van der Waals surface area contributed by atoms with Gasteiger partial charge in [-0.25, -0.2) is 0 Å². The standard InChI is InChI=1S/Ca.Ni.H4Si.Zr.2H/h;;1H4;;;/q+2;;;;2*-1. The minimum Gasteiger partial charge on any atom is -1.00 e. The van der Waals surface area contributed by atoms with Gasteiger partial charge in [-0.2, -0.15) is 0 Å². The Labute approximate surface area is 92.5 Å². The van der Waals surface area contributed by atoms with Gasteiger partial charge in [0.25, 0.3) is 0 Å². The molecular weight excluding hydrogens is 218 g/mol. The molecule has 0 atom stereocenters. The van der Waals surface area contributed by atoms with Crippen molar-refractivity contribution in [2.45, 2.75) is 0 Å². The fourth-order valence-electron chi connectivity index (χ4n) is 0. The van der Waals surface area contributed by atoms with Gasteiger partial charge in [-0.3, -0.25) is 0 Å². The van der Waals surface area contributed by atoms with Crippen molar-refractivity contribution in [1.29, 1.82) is 0 Å². The van der Waals surface area contributed by atoms with Crippen molar-refractivity contribution in [1.82, 2.24) is 0 Å². The summed E-state index contributed by atoms with van der Waals surface area (Å²) in [5.74, 6) is 0. The molecule has 0 bridgehead atoms. The van der Waals surface area contributed by atoms with E-state index in [-0.39, 0.29) is 94.3 Å². The van der Waals surface area contributed by atoms with Gasteiger partial charge in [0.15, 0.2) is 0 Å². The molecule has 0 N–H and O–H groups in total. The second-order valence-electron chi connectivity index (χ2n) is 0. The predicted molar refractivity (Wildman–Crippen MR) is 19.3 cm³/mol. The Morgan fingerprint density at radius 3 is 1.25 bits per heavy atom. The van der Waals surface area contributed by atoms with E-state index in [1.54, 1.807) is 0 Å². The van der Waals surface area contributed by atoms with Gasteiger partial charge in [0.2, 0.25) is 0 Å². The van der Waals surface area contributed by atoms with E-state index in [4.69, 9.17) is 0 Å². The van der Waals surface area contributed by atoms with Crippen LogP contribution in [0.4, 0.5) is 0 Å². The van der Waals surface area contributed by atoms with E-state index < -0.39 is 0 Å². The summed E-state index contributed by atoms with van der Waals surface area (Å²) < 4.78 is 0. The van der Waals surface area contributed by atoms with Crippen molar-refractivity contribution in [2.75, 3.05) is 0 Å². The van der Waals surface area contributed by atoms with Crippen molar-refractivity contribution in [2.24, 2.45) is 0 Å². The Bertz CT molecular complexity index is 13.5. The molecule has 0 nitrogen and oxygen atoms in total. The number of hydrogen-bond acceptors (Lipinski definition) is 0. The van der Waals surface area contributed by atoms with E-state index in [2.05, 4.69) is 0 Å². The molecule has 4 heteroatoms. The number of hydrogen-bond donors (Lipinski definition) is 0. The van der Waals surface area contributed by atoms with Gasteiger partial charge in [0.1, 0.15) is 0 Å². The Hall–Kier alpha value is 2.85. The van der Waals surface area contributed by atoms with E-state index in [1.807, 2.05) is 0 Å². The van der Waals surface area contributed by atoms with E-state index in [0.29, 0.717) is 0 Å². The molecule has 0 saturated heterocycles. The molecule has 0 spiro atoms. The van der Waals surface area contributed by atoms with Crippen LogP contribution in [0.3, 0.4) is 0 Å². The van der Waals surface area contributed by atoms with Crippen LogP contribution in [-0.2, 0) is 42.7 Å². The molecule has 0 aliphatic heterocycles. The minimum absolute atomic E-state index is 0. The molecule has 0 aromatic carbocycles. The Morgan fingerprint density at radius 2 is 1.25 bits per heavy atom. The van der Waals surface area contributed by atoms with Crippen LogP contribution in [0.25, 0.3) is 0 Å². The molecular formula is H6CaNiSiZr. The third kappa shape index (κ3) is 8.85. The van der Waals surface area contributed by atoms with Crippen LogP contribution < -0.4 is 0 Å². The zero-order chi connectivity index (χ0) is 0. The summed E-state index contributed by atoms with van der Waals surface area (Å²) in [4.78, 5) is 0. The molecule has 0 saturated carbocycles. The molecule has 0 heterocycles. The second kappa shape index (κ2) is 16.9. The molecule has 0 aliphatic carbocycles. The molecule has 0 unspecified atom stereocenters. The normalized spacial score (nSPS) is 0. The monoisotopic (exact) mass is 222 g/mol. The van der Waals surface area contributed by atoms with Gasteiger partial charge in [0.05, 0.1) is 0 Å². The van der Waals surface area contributed by atoms with Crippen LogP contribution >= 0.6 is 0 Å². The molecule has 0 radical (unpaired) electrons. The quantitative estimate of drug-likeness (QED) is 0.434. The van der Waals surface area contributed by atoms with Gasteiger partial charge in [0, 0.05) is 42.7 Å². The Balaban J connectivity index is 0. The maximum Gasteiger partial charge on any atom is 2.00 e. The molecule has 26 valence electrons. The zero-order valence-electron chi connectivity index (χ0n) is 3.52. The maximum atomic E-state index is 0. The molecule has 4 heavy (non-hydrogen) atoms. The van der Waals surface area contributed by atoms with Crippen LogP contribution in [0.15, 0.2) is 0 Å². The van der Waals surface area contributed by atoms with Crippen LogP contribution in [-0.4, -0.2) is 48.7 Å². The van der Waals surface area contributed by atoms with E-state index >= 15 is 0 Å². The fourth-order valence-corrected chi connectivity index (χ4v) is 0. The summed E-state index contributed by atoms with van der Waals surface area (Å²) in [7, 11) is 0. The first-order valence-electron chi connectivity index (χ1n) is 0. The summed E-state index contributed by atoms with van der Waals surface area (Å²) in [6.07, 6.45) is 0. The maximum absolute atomic E-state index is 0. The first-order chi connectivity index (χ1) is 0. The molecule has 0 aromatic rings. The Morgan fingerprint density at radius 1 is 1.25 bits per heavy atom. The van der Waals surface area contributed by atoms with E-state index in [9.17, 15) is 0 Å². The average molecular weight is 224 g/mol. The largest absolute Gasteiger partial charge is 2.00 e. The number of rotatable bonds is 0.